The zero-order valence-electron chi connectivity index (χ0n) is 12.6. The van der Waals surface area contributed by atoms with Crippen LogP contribution < -0.4 is 11.1 Å². The molecular formula is C17H14N2O5. The highest BCUT2D eigenvalue weighted by Gasteiger charge is 2.14. The summed E-state index contributed by atoms with van der Waals surface area (Å²) in [6.45, 7) is 0.151. The molecule has 1 aromatic heterocycles. The number of carboxylic acids is 1. The van der Waals surface area contributed by atoms with Gasteiger partial charge >= 0.3 is 11.7 Å². The molecule has 0 saturated carbocycles. The van der Waals surface area contributed by atoms with Crippen molar-refractivity contribution in [3.05, 3.63) is 70.2 Å². The number of carbonyl (C=O) groups is 2. The van der Waals surface area contributed by atoms with Crippen molar-refractivity contribution in [3.63, 3.8) is 0 Å². The number of hydrogen-bond donors (Lipinski definition) is 2. The SMILES string of the molecule is O=C(Cn1c(=O)oc2cc(C(=O)O)ccc21)NCc1ccccc1. The first-order valence-corrected chi connectivity index (χ1v) is 7.22. The molecule has 1 heterocycles. The maximum atomic E-state index is 12.0. The Kier molecular flexibility index (Phi) is 4.15. The molecule has 2 aromatic carbocycles. The number of carboxylic acid groups (broad SMARTS) is 1. The predicted octanol–water partition coefficient (Wildman–Crippen LogP) is 1.61. The van der Waals surface area contributed by atoms with Crippen molar-refractivity contribution in [2.75, 3.05) is 0 Å². The Morgan fingerprint density at radius 3 is 2.58 bits per heavy atom. The van der Waals surface area contributed by atoms with Crippen molar-refractivity contribution in [2.45, 2.75) is 13.1 Å². The Labute approximate surface area is 136 Å². The molecule has 0 aliphatic heterocycles. The topological polar surface area (TPSA) is 102 Å². The van der Waals surface area contributed by atoms with Crippen LogP contribution in [0.5, 0.6) is 0 Å². The van der Waals surface area contributed by atoms with E-state index in [1.807, 2.05) is 30.3 Å². The van der Waals surface area contributed by atoms with E-state index in [0.717, 1.165) is 5.56 Å². The number of oxazole rings is 1. The molecule has 24 heavy (non-hydrogen) atoms. The number of amides is 1. The second-order valence-corrected chi connectivity index (χ2v) is 5.20. The van der Waals surface area contributed by atoms with Crippen LogP contribution >= 0.6 is 0 Å². The van der Waals surface area contributed by atoms with Gasteiger partial charge in [0.15, 0.2) is 5.58 Å². The molecule has 0 saturated heterocycles. The zero-order chi connectivity index (χ0) is 17.1. The standard InChI is InChI=1S/C17H14N2O5/c20-15(18-9-11-4-2-1-3-5-11)10-19-13-7-6-12(16(21)22)8-14(13)24-17(19)23/h1-8H,9-10H2,(H,18,20)(H,21,22). The highest BCUT2D eigenvalue weighted by Crippen LogP contribution is 2.15. The lowest BCUT2D eigenvalue weighted by molar-refractivity contribution is -0.121. The van der Waals surface area contributed by atoms with E-state index in [1.165, 1.54) is 22.8 Å². The third-order valence-electron chi connectivity index (χ3n) is 3.55. The third kappa shape index (κ3) is 3.19. The summed E-state index contributed by atoms with van der Waals surface area (Å²) in [4.78, 5) is 34.9. The number of fused-ring (bicyclic) bond motifs is 1. The van der Waals surface area contributed by atoms with Crippen LogP contribution in [0.25, 0.3) is 11.1 Å². The molecule has 0 aliphatic carbocycles. The average Bonchev–Trinajstić information content (AvgIpc) is 2.89. The van der Waals surface area contributed by atoms with Gasteiger partial charge in [-0.15, -0.1) is 0 Å². The molecule has 0 atom stereocenters. The van der Waals surface area contributed by atoms with Gasteiger partial charge in [-0.1, -0.05) is 30.3 Å². The molecular weight excluding hydrogens is 312 g/mol. The van der Waals surface area contributed by atoms with E-state index in [9.17, 15) is 14.4 Å². The summed E-state index contributed by atoms with van der Waals surface area (Å²) in [6.07, 6.45) is 0. The van der Waals surface area contributed by atoms with Gasteiger partial charge < -0.3 is 14.8 Å². The van der Waals surface area contributed by atoms with Gasteiger partial charge in [0, 0.05) is 6.54 Å². The van der Waals surface area contributed by atoms with Gasteiger partial charge in [-0.25, -0.2) is 9.59 Å². The highest BCUT2D eigenvalue weighted by atomic mass is 16.4. The number of nitrogens with one attached hydrogen (secondary N) is 1. The second-order valence-electron chi connectivity index (χ2n) is 5.20. The number of rotatable bonds is 5. The van der Waals surface area contributed by atoms with Crippen molar-refractivity contribution in [3.8, 4) is 0 Å². The Bertz CT molecular complexity index is 956. The Balaban J connectivity index is 1.77. The van der Waals surface area contributed by atoms with Gasteiger partial charge in [0.25, 0.3) is 0 Å². The number of aromatic nitrogens is 1. The first kappa shape index (κ1) is 15.5. The molecule has 0 bridgehead atoms. The lowest BCUT2D eigenvalue weighted by Crippen LogP contribution is -2.30. The molecule has 0 radical (unpaired) electrons. The summed E-state index contributed by atoms with van der Waals surface area (Å²) in [5.74, 6) is -2.17. The van der Waals surface area contributed by atoms with E-state index in [4.69, 9.17) is 9.52 Å². The average molecular weight is 326 g/mol. The highest BCUT2D eigenvalue weighted by molar-refractivity contribution is 5.92. The Morgan fingerprint density at radius 1 is 1.12 bits per heavy atom. The third-order valence-corrected chi connectivity index (χ3v) is 3.55. The van der Waals surface area contributed by atoms with E-state index in [1.54, 1.807) is 0 Å². The van der Waals surface area contributed by atoms with Gasteiger partial charge in [0.2, 0.25) is 5.91 Å². The molecule has 7 nitrogen and oxygen atoms in total. The van der Waals surface area contributed by atoms with Crippen LogP contribution in [0.2, 0.25) is 0 Å². The van der Waals surface area contributed by atoms with Crippen LogP contribution in [-0.4, -0.2) is 21.6 Å². The molecule has 0 aliphatic rings. The summed E-state index contributed by atoms with van der Waals surface area (Å²) in [5, 5.41) is 11.7. The van der Waals surface area contributed by atoms with E-state index >= 15 is 0 Å². The summed E-state index contributed by atoms with van der Waals surface area (Å²) < 4.78 is 6.19. The van der Waals surface area contributed by atoms with E-state index in [2.05, 4.69) is 5.32 Å². The van der Waals surface area contributed by atoms with Crippen LogP contribution in [0.15, 0.2) is 57.7 Å². The van der Waals surface area contributed by atoms with E-state index < -0.39 is 11.7 Å². The molecule has 122 valence electrons. The monoisotopic (exact) mass is 326 g/mol. The van der Waals surface area contributed by atoms with Crippen LogP contribution in [0.4, 0.5) is 0 Å². The van der Waals surface area contributed by atoms with E-state index in [0.29, 0.717) is 12.1 Å². The fourth-order valence-corrected chi connectivity index (χ4v) is 2.35. The van der Waals surface area contributed by atoms with Crippen molar-refractivity contribution in [1.29, 1.82) is 0 Å². The van der Waals surface area contributed by atoms with E-state index in [-0.39, 0.29) is 23.6 Å². The molecule has 0 spiro atoms. The van der Waals surface area contributed by atoms with Crippen LogP contribution in [-0.2, 0) is 17.9 Å². The number of benzene rings is 2. The largest absolute Gasteiger partial charge is 0.478 e. The minimum atomic E-state index is -1.12. The summed E-state index contributed by atoms with van der Waals surface area (Å²) in [5.41, 5.74) is 1.47. The fraction of sp³-hybridized carbons (Fsp3) is 0.118. The molecule has 0 fully saturated rings. The summed E-state index contributed by atoms with van der Waals surface area (Å²) >= 11 is 0. The molecule has 3 rings (SSSR count). The van der Waals surface area contributed by atoms with Gasteiger partial charge in [0.05, 0.1) is 11.1 Å². The number of hydrogen-bond acceptors (Lipinski definition) is 4. The summed E-state index contributed by atoms with van der Waals surface area (Å²) in [6, 6.07) is 13.5. The zero-order valence-corrected chi connectivity index (χ0v) is 12.6. The lowest BCUT2D eigenvalue weighted by Gasteiger charge is -2.06. The Morgan fingerprint density at radius 2 is 1.88 bits per heavy atom. The molecule has 2 N–H and O–H groups in total. The van der Waals surface area contributed by atoms with Crippen molar-refractivity contribution < 1.29 is 19.1 Å². The smallest absolute Gasteiger partial charge is 0.420 e. The molecule has 1 amide bonds. The fourth-order valence-electron chi connectivity index (χ4n) is 2.35. The van der Waals surface area contributed by atoms with Crippen LogP contribution in [0, 0.1) is 0 Å². The molecule has 3 aromatic rings. The Hall–Kier alpha value is -3.35. The van der Waals surface area contributed by atoms with Crippen LogP contribution in [0.1, 0.15) is 15.9 Å². The van der Waals surface area contributed by atoms with Crippen molar-refractivity contribution in [2.24, 2.45) is 0 Å². The van der Waals surface area contributed by atoms with Crippen LogP contribution in [0.3, 0.4) is 0 Å². The first-order valence-electron chi connectivity index (χ1n) is 7.22. The summed E-state index contributed by atoms with van der Waals surface area (Å²) in [7, 11) is 0. The van der Waals surface area contributed by atoms with Crippen molar-refractivity contribution in [1.82, 2.24) is 9.88 Å². The number of carbonyl (C=O) groups excluding carboxylic acids is 1. The lowest BCUT2D eigenvalue weighted by atomic mass is 10.2. The second kappa shape index (κ2) is 6.41. The van der Waals surface area contributed by atoms with Gasteiger partial charge in [-0.05, 0) is 23.8 Å². The number of nitrogens with zero attached hydrogens (tertiary/aromatic N) is 1. The van der Waals surface area contributed by atoms with Gasteiger partial charge in [0.1, 0.15) is 6.54 Å². The molecule has 0 unspecified atom stereocenters. The predicted molar refractivity (Wildman–Crippen MR) is 85.7 cm³/mol. The maximum Gasteiger partial charge on any atom is 0.420 e. The van der Waals surface area contributed by atoms with Gasteiger partial charge in [-0.2, -0.15) is 0 Å². The van der Waals surface area contributed by atoms with Crippen molar-refractivity contribution >= 4 is 23.0 Å². The maximum absolute atomic E-state index is 12.0. The normalized spacial score (nSPS) is 10.7. The minimum absolute atomic E-state index is 0.0110. The quantitative estimate of drug-likeness (QED) is 0.742. The molecule has 7 heteroatoms. The minimum Gasteiger partial charge on any atom is -0.478 e. The van der Waals surface area contributed by atoms with Gasteiger partial charge in [-0.3, -0.25) is 9.36 Å². The first-order chi connectivity index (χ1) is 11.5. The number of aromatic carboxylic acids is 1.